The van der Waals surface area contributed by atoms with Crippen LogP contribution in [0.4, 0.5) is 5.13 Å². The molecule has 3 heterocycles. The Kier molecular flexibility index (Phi) is 12.8. The molecule has 0 spiro atoms. The Morgan fingerprint density at radius 3 is 1.89 bits per heavy atom. The van der Waals surface area contributed by atoms with Gasteiger partial charge in [0.25, 0.3) is 11.8 Å². The van der Waals surface area contributed by atoms with Crippen LogP contribution in [0.25, 0.3) is 0 Å². The minimum Gasteiger partial charge on any atom is -0.448 e. The summed E-state index contributed by atoms with van der Waals surface area (Å²) in [6.07, 6.45) is 2.73. The zero-order valence-electron chi connectivity index (χ0n) is 32.9. The number of oxime groups is 1. The number of benzene rings is 5. The highest BCUT2D eigenvalue weighted by molar-refractivity contribution is 8.00. The van der Waals surface area contributed by atoms with Crippen LogP contribution in [-0.4, -0.2) is 63.5 Å². The highest BCUT2D eigenvalue weighted by Crippen LogP contribution is 2.43. The van der Waals surface area contributed by atoms with Crippen LogP contribution in [0.5, 0.6) is 0 Å². The number of thiazole rings is 1. The van der Waals surface area contributed by atoms with E-state index in [1.807, 2.05) is 115 Å². The molecule has 6 aromatic rings. The van der Waals surface area contributed by atoms with E-state index in [1.165, 1.54) is 35.1 Å². The van der Waals surface area contributed by atoms with Crippen LogP contribution >= 0.6 is 34.7 Å². The van der Waals surface area contributed by atoms with Gasteiger partial charge in [-0.1, -0.05) is 169 Å². The normalized spacial score (nSPS) is 16.5. The average molecular weight is 866 g/mol. The van der Waals surface area contributed by atoms with Crippen molar-refractivity contribution in [1.29, 1.82) is 0 Å². The van der Waals surface area contributed by atoms with Crippen molar-refractivity contribution < 1.29 is 24.0 Å². The fourth-order valence-corrected chi connectivity index (χ4v) is 9.74. The maximum Gasteiger partial charge on any atom is 0.356 e. The maximum atomic E-state index is 14.3. The van der Waals surface area contributed by atoms with Gasteiger partial charge < -0.3 is 20.2 Å². The summed E-state index contributed by atoms with van der Waals surface area (Å²) in [5.41, 5.74) is 4.49. The van der Waals surface area contributed by atoms with Crippen LogP contribution in [0.15, 0.2) is 186 Å². The van der Waals surface area contributed by atoms with E-state index in [4.69, 9.17) is 26.2 Å². The molecule has 13 heteroatoms. The van der Waals surface area contributed by atoms with Crippen molar-refractivity contribution in [3.63, 3.8) is 0 Å². The van der Waals surface area contributed by atoms with Crippen LogP contribution in [0.2, 0.25) is 0 Å². The van der Waals surface area contributed by atoms with E-state index in [0.29, 0.717) is 16.5 Å². The highest BCUT2D eigenvalue weighted by atomic mass is 35.5. The molecule has 2 N–H and O–H groups in total. The summed E-state index contributed by atoms with van der Waals surface area (Å²) in [4.78, 5) is 53.9. The number of ether oxygens (including phenoxy) is 1. The SMILES string of the molecule is CO/N=C(\C(=O)NC1C(=O)N2C(C(=O)OC(c3ccccc3)c3ccccc3)=C(/C=C\CCl)CSC12)c1csc(NC(c2ccccc2)(c2ccccc2)c2ccccc2)n1. The molecule has 0 bridgehead atoms. The molecule has 10 nitrogen and oxygen atoms in total. The number of allylic oxidation sites excluding steroid dienone is 2. The Morgan fingerprint density at radius 2 is 1.38 bits per heavy atom. The van der Waals surface area contributed by atoms with Gasteiger partial charge in [-0.05, 0) is 33.4 Å². The smallest absolute Gasteiger partial charge is 0.356 e. The monoisotopic (exact) mass is 865 g/mol. The molecule has 2 aliphatic rings. The molecule has 2 aliphatic heterocycles. The van der Waals surface area contributed by atoms with Crippen molar-refractivity contribution in [1.82, 2.24) is 15.2 Å². The summed E-state index contributed by atoms with van der Waals surface area (Å²) in [5, 5.41) is 12.3. The molecule has 1 saturated heterocycles. The third-order valence-corrected chi connectivity index (χ3v) is 12.6. The highest BCUT2D eigenvalue weighted by Gasteiger charge is 2.55. The lowest BCUT2D eigenvalue weighted by atomic mass is 9.77. The zero-order chi connectivity index (χ0) is 42.2. The van der Waals surface area contributed by atoms with Gasteiger partial charge in [0, 0.05) is 17.0 Å². The van der Waals surface area contributed by atoms with E-state index in [-0.39, 0.29) is 23.0 Å². The van der Waals surface area contributed by atoms with Gasteiger partial charge >= 0.3 is 5.97 Å². The number of β-lactam (4-membered cyclic amide) rings is 1. The van der Waals surface area contributed by atoms with Crippen molar-refractivity contribution in [3.8, 4) is 0 Å². The number of amides is 2. The van der Waals surface area contributed by atoms with Gasteiger partial charge in [0.05, 0.1) is 0 Å². The topological polar surface area (TPSA) is 122 Å². The molecule has 0 saturated carbocycles. The summed E-state index contributed by atoms with van der Waals surface area (Å²) < 4.78 is 6.24. The van der Waals surface area contributed by atoms with Crippen LogP contribution in [-0.2, 0) is 29.5 Å². The second-order valence-electron chi connectivity index (χ2n) is 14.0. The molecule has 61 heavy (non-hydrogen) atoms. The summed E-state index contributed by atoms with van der Waals surface area (Å²) in [6, 6.07) is 48.2. The van der Waals surface area contributed by atoms with Crippen molar-refractivity contribution in [2.45, 2.75) is 23.1 Å². The second kappa shape index (κ2) is 18.8. The number of alkyl halides is 1. The number of aromatic nitrogens is 1. The lowest BCUT2D eigenvalue weighted by molar-refractivity contribution is -0.154. The Bertz CT molecular complexity index is 2440. The molecular weight excluding hydrogens is 826 g/mol. The first kappa shape index (κ1) is 41.3. The standard InChI is InChI=1S/C48H40ClN5O5S2/c1-58-53-39(38-31-61-47(50-38)52-48(35-23-11-4-12-24-35,36-25-13-5-14-26-36)37-27-15-6-16-28-37)43(55)51-40-44(56)54-41(34(22-17-29-49)30-60-45(40)54)46(57)59-42(32-18-7-2-8-19-32)33-20-9-3-10-21-33/h2-28,31,40,42,45H,29-30H2,1H3,(H,50,52)(H,51,55)/b22-17-,53-39-. The third kappa shape index (κ3) is 8.47. The van der Waals surface area contributed by atoms with E-state index >= 15 is 0 Å². The molecule has 2 unspecified atom stereocenters. The van der Waals surface area contributed by atoms with Gasteiger partial charge in [-0.15, -0.1) is 34.7 Å². The average Bonchev–Trinajstić information content (AvgIpc) is 3.79. The molecule has 1 fully saturated rings. The van der Waals surface area contributed by atoms with Gasteiger partial charge in [-0.25, -0.2) is 9.78 Å². The van der Waals surface area contributed by atoms with E-state index < -0.39 is 40.8 Å². The Balaban J connectivity index is 1.05. The summed E-state index contributed by atoms with van der Waals surface area (Å²) in [6.45, 7) is 0. The van der Waals surface area contributed by atoms with Crippen molar-refractivity contribution >= 4 is 63.3 Å². The first-order valence-corrected chi connectivity index (χ1v) is 21.9. The number of nitrogens with one attached hydrogen (secondary N) is 2. The fourth-order valence-electron chi connectivity index (χ4n) is 7.58. The van der Waals surface area contributed by atoms with Crippen molar-refractivity contribution in [2.75, 3.05) is 24.1 Å². The third-order valence-electron chi connectivity index (χ3n) is 10.4. The number of anilines is 1. The van der Waals surface area contributed by atoms with Crippen LogP contribution in [0.1, 0.15) is 39.6 Å². The molecule has 0 aliphatic carbocycles. The Hall–Kier alpha value is -6.47. The maximum absolute atomic E-state index is 14.3. The van der Waals surface area contributed by atoms with E-state index in [9.17, 15) is 14.4 Å². The Labute approximate surface area is 367 Å². The largest absolute Gasteiger partial charge is 0.448 e. The van der Waals surface area contributed by atoms with Crippen molar-refractivity contribution in [2.24, 2.45) is 5.16 Å². The van der Waals surface area contributed by atoms with Gasteiger partial charge in [-0.3, -0.25) is 14.5 Å². The summed E-state index contributed by atoms with van der Waals surface area (Å²) in [7, 11) is 1.34. The quantitative estimate of drug-likeness (QED) is 0.0263. The predicted octanol–water partition coefficient (Wildman–Crippen LogP) is 8.68. The molecule has 8 rings (SSSR count). The number of rotatable bonds is 15. The van der Waals surface area contributed by atoms with E-state index in [0.717, 1.165) is 27.8 Å². The molecular formula is C48H40ClN5O5S2. The predicted molar refractivity (Wildman–Crippen MR) is 241 cm³/mol. The molecule has 1 aromatic heterocycles. The molecule has 306 valence electrons. The number of hydrogen-bond acceptors (Lipinski definition) is 10. The minimum atomic E-state index is -0.974. The fraction of sp³-hybridized carbons (Fsp3) is 0.146. The van der Waals surface area contributed by atoms with Gasteiger partial charge in [0.15, 0.2) is 16.9 Å². The van der Waals surface area contributed by atoms with Crippen LogP contribution in [0.3, 0.4) is 0 Å². The summed E-state index contributed by atoms with van der Waals surface area (Å²) >= 11 is 8.74. The number of nitrogens with zero attached hydrogens (tertiary/aromatic N) is 3. The second-order valence-corrected chi connectivity index (χ2v) is 16.3. The zero-order valence-corrected chi connectivity index (χ0v) is 35.3. The first-order valence-electron chi connectivity index (χ1n) is 19.5. The van der Waals surface area contributed by atoms with Crippen LogP contribution in [0, 0.1) is 0 Å². The van der Waals surface area contributed by atoms with E-state index in [1.54, 1.807) is 17.5 Å². The number of halogens is 1. The van der Waals surface area contributed by atoms with Crippen molar-refractivity contribution in [3.05, 3.63) is 214 Å². The number of carbonyl (C=O) groups is 3. The number of hydrogen-bond donors (Lipinski definition) is 2. The number of carbonyl (C=O) groups excluding carboxylic acids is 3. The van der Waals surface area contributed by atoms with E-state index in [2.05, 4.69) is 52.2 Å². The lowest BCUT2D eigenvalue weighted by Crippen LogP contribution is -2.71. The van der Waals surface area contributed by atoms with Gasteiger partial charge in [0.1, 0.15) is 35.5 Å². The van der Waals surface area contributed by atoms with Crippen LogP contribution < -0.4 is 10.6 Å². The first-order chi connectivity index (χ1) is 29.9. The number of fused-ring (bicyclic) bond motifs is 1. The lowest BCUT2D eigenvalue weighted by Gasteiger charge is -2.49. The number of esters is 1. The number of thioether (sulfide) groups is 1. The van der Waals surface area contributed by atoms with Gasteiger partial charge in [0.2, 0.25) is 0 Å². The molecule has 0 radical (unpaired) electrons. The molecule has 5 aromatic carbocycles. The molecule has 2 amide bonds. The molecule has 2 atom stereocenters. The van der Waals surface area contributed by atoms with Gasteiger partial charge in [-0.2, -0.15) is 0 Å². The minimum absolute atomic E-state index is 0.109. The Morgan fingerprint density at radius 1 is 0.852 bits per heavy atom. The summed E-state index contributed by atoms with van der Waals surface area (Å²) in [5.74, 6) is -1.22.